The largest absolute Gasteiger partial charge is 0.494 e. The van der Waals surface area contributed by atoms with Crippen molar-refractivity contribution in [2.24, 2.45) is 17.3 Å². The number of carbonyl (C=O) groups is 2. The second-order valence-corrected chi connectivity index (χ2v) is 16.1. The van der Waals surface area contributed by atoms with Gasteiger partial charge in [0.2, 0.25) is 0 Å². The topological polar surface area (TPSA) is 102 Å². The molecule has 8 heteroatoms. The summed E-state index contributed by atoms with van der Waals surface area (Å²) in [6.45, 7) is 5.06. The van der Waals surface area contributed by atoms with E-state index in [0.717, 1.165) is 44.9 Å². The minimum Gasteiger partial charge on any atom is -0.494 e. The summed E-state index contributed by atoms with van der Waals surface area (Å²) in [5.74, 6) is -0.0232. The molecule has 2 aliphatic rings. The molecule has 1 aromatic rings. The predicted octanol–water partition coefficient (Wildman–Crippen LogP) is 11.1. The first kappa shape index (κ1) is 45.0. The van der Waals surface area contributed by atoms with Crippen LogP contribution in [0.3, 0.4) is 0 Å². The summed E-state index contributed by atoms with van der Waals surface area (Å²) in [7, 11) is 0. The van der Waals surface area contributed by atoms with Gasteiger partial charge in [-0.05, 0) is 87.3 Å². The van der Waals surface area contributed by atoms with Crippen LogP contribution in [0.4, 0.5) is 0 Å². The molecule has 2 aliphatic carbocycles. The van der Waals surface area contributed by atoms with Crippen molar-refractivity contribution in [2.45, 2.75) is 173 Å². The lowest BCUT2D eigenvalue weighted by Crippen LogP contribution is -2.40. The zero-order valence-electron chi connectivity index (χ0n) is 33.0. The van der Waals surface area contributed by atoms with Crippen molar-refractivity contribution in [3.63, 3.8) is 0 Å². The fourth-order valence-electron chi connectivity index (χ4n) is 7.86. The Labute approximate surface area is 326 Å². The first-order valence-corrected chi connectivity index (χ1v) is 21.6. The highest BCUT2D eigenvalue weighted by atomic mass is 35.5. The molecule has 1 unspecified atom stereocenters. The van der Waals surface area contributed by atoms with E-state index in [0.29, 0.717) is 37.2 Å². The number of aliphatic hydroxyl groups is 2. The van der Waals surface area contributed by atoms with Gasteiger partial charge in [0.05, 0.1) is 24.4 Å². The van der Waals surface area contributed by atoms with Crippen molar-refractivity contribution < 1.29 is 34.0 Å². The van der Waals surface area contributed by atoms with Crippen molar-refractivity contribution in [2.75, 3.05) is 19.8 Å². The van der Waals surface area contributed by atoms with Gasteiger partial charge < -0.3 is 24.4 Å². The van der Waals surface area contributed by atoms with E-state index in [1.807, 2.05) is 12.1 Å². The predicted molar refractivity (Wildman–Crippen MR) is 215 cm³/mol. The fourth-order valence-corrected chi connectivity index (χ4v) is 8.31. The van der Waals surface area contributed by atoms with Crippen LogP contribution in [0.25, 0.3) is 0 Å². The van der Waals surface area contributed by atoms with Crippen LogP contribution in [0.5, 0.6) is 5.75 Å². The summed E-state index contributed by atoms with van der Waals surface area (Å²) in [5.41, 5.74) is 0.488. The van der Waals surface area contributed by atoms with Crippen LogP contribution in [0.15, 0.2) is 48.6 Å². The monoisotopic (exact) mass is 758 g/mol. The van der Waals surface area contributed by atoms with Gasteiger partial charge in [-0.25, -0.2) is 4.79 Å². The van der Waals surface area contributed by atoms with Gasteiger partial charge in [-0.3, -0.25) is 4.79 Å². The minimum absolute atomic E-state index is 0.00466. The molecule has 0 aliphatic heterocycles. The number of alkyl halides is 1. The highest BCUT2D eigenvalue weighted by molar-refractivity contribution is 6.21. The Hall–Kier alpha value is -2.35. The molecule has 3 rings (SSSR count). The lowest BCUT2D eigenvalue weighted by molar-refractivity contribution is -0.144. The standard InChI is InChI=1S/C45H71ClO7/c1-3-5-6-7-8-9-10-11-12-13-16-19-31-51-37-24-20-23-36(34-37)44(50)53-33-32-52-43(49)28-18-15-14-17-25-38-39(41(47)35-40(38)46)26-21-27-42(48)45(4-2)29-22-30-45/h14,17,20-21,23-24,26,34,38-42,47-48H,3-13,15-16,18-19,22,25,27-33,35H2,1-2H3/b17-14-,26-21+/t38-,39?,40+,41-,42+/m1/s1. The van der Waals surface area contributed by atoms with Crippen molar-refractivity contribution in [3.05, 3.63) is 54.1 Å². The SMILES string of the molecule is CCCCCCCCCCCCCCOc1cccc(C(=O)OCCOC(=O)CCC/C=C\C[C@@H]2C(/C=C/C[C@H](O)C3(CC)CCC3)[C@H](O)C[C@@H]2Cl)c1. The quantitative estimate of drug-likeness (QED) is 0.0363. The van der Waals surface area contributed by atoms with Crippen LogP contribution >= 0.6 is 11.6 Å². The first-order chi connectivity index (χ1) is 25.8. The average molecular weight is 760 g/mol. The number of halogens is 1. The maximum Gasteiger partial charge on any atom is 0.338 e. The Balaban J connectivity index is 1.20. The number of allylic oxidation sites excluding steroid dienone is 2. The average Bonchev–Trinajstić information content (AvgIpc) is 3.40. The lowest BCUT2D eigenvalue weighted by Gasteiger charge is -2.45. The van der Waals surface area contributed by atoms with Gasteiger partial charge in [0, 0.05) is 17.7 Å². The van der Waals surface area contributed by atoms with E-state index in [-0.39, 0.29) is 54.3 Å². The molecule has 7 nitrogen and oxygen atoms in total. The van der Waals surface area contributed by atoms with E-state index in [2.05, 4.69) is 32.1 Å². The zero-order valence-corrected chi connectivity index (χ0v) is 33.8. The van der Waals surface area contributed by atoms with Crippen molar-refractivity contribution in [3.8, 4) is 5.75 Å². The highest BCUT2D eigenvalue weighted by Crippen LogP contribution is 2.48. The van der Waals surface area contributed by atoms with Crippen LogP contribution in [0.2, 0.25) is 0 Å². The summed E-state index contributed by atoms with van der Waals surface area (Å²) in [4.78, 5) is 24.7. The Morgan fingerprint density at radius 1 is 0.887 bits per heavy atom. The van der Waals surface area contributed by atoms with Gasteiger partial charge in [-0.1, -0.05) is 121 Å². The maximum absolute atomic E-state index is 12.5. The number of benzene rings is 1. The molecular weight excluding hydrogens is 688 g/mol. The summed E-state index contributed by atoms with van der Waals surface area (Å²) in [6.07, 6.45) is 31.0. The van der Waals surface area contributed by atoms with Gasteiger partial charge >= 0.3 is 11.9 Å². The molecule has 0 heterocycles. The van der Waals surface area contributed by atoms with Gasteiger partial charge in [-0.15, -0.1) is 11.6 Å². The Kier molecular flexibility index (Phi) is 22.5. The van der Waals surface area contributed by atoms with Gasteiger partial charge in [-0.2, -0.15) is 0 Å². The molecule has 1 aromatic carbocycles. The third kappa shape index (κ3) is 16.9. The first-order valence-electron chi connectivity index (χ1n) is 21.2. The number of unbranched alkanes of at least 4 members (excludes halogenated alkanes) is 12. The number of rotatable bonds is 29. The molecule has 0 amide bonds. The maximum atomic E-state index is 12.5. The number of hydrogen-bond donors (Lipinski definition) is 2. The number of aliphatic hydroxyl groups excluding tert-OH is 2. The highest BCUT2D eigenvalue weighted by Gasteiger charge is 2.42. The molecule has 2 N–H and O–H groups in total. The van der Waals surface area contributed by atoms with E-state index in [1.165, 1.54) is 70.6 Å². The number of esters is 2. The third-order valence-corrected chi connectivity index (χ3v) is 12.1. The molecule has 0 saturated heterocycles. The van der Waals surface area contributed by atoms with Gasteiger partial charge in [0.25, 0.3) is 0 Å². The van der Waals surface area contributed by atoms with Crippen molar-refractivity contribution in [1.82, 2.24) is 0 Å². The normalized spacial score (nSPS) is 21.5. The Morgan fingerprint density at radius 2 is 1.57 bits per heavy atom. The van der Waals surface area contributed by atoms with E-state index in [1.54, 1.807) is 18.2 Å². The molecule has 300 valence electrons. The number of ether oxygens (including phenoxy) is 3. The Morgan fingerprint density at radius 3 is 2.23 bits per heavy atom. The molecule has 2 saturated carbocycles. The molecule has 0 bridgehead atoms. The zero-order chi connectivity index (χ0) is 38.2. The summed E-state index contributed by atoms with van der Waals surface area (Å²) in [5, 5.41) is 21.3. The minimum atomic E-state index is -0.472. The summed E-state index contributed by atoms with van der Waals surface area (Å²) >= 11 is 6.62. The molecular formula is C45H71ClO7. The number of carbonyl (C=O) groups excluding carboxylic acids is 2. The third-order valence-electron chi connectivity index (χ3n) is 11.6. The molecule has 0 aromatic heterocycles. The lowest BCUT2D eigenvalue weighted by atomic mass is 9.63. The summed E-state index contributed by atoms with van der Waals surface area (Å²) in [6, 6.07) is 7.03. The van der Waals surface area contributed by atoms with Gasteiger partial charge in [0.1, 0.15) is 19.0 Å². The molecule has 0 spiro atoms. The van der Waals surface area contributed by atoms with Crippen LogP contribution < -0.4 is 4.74 Å². The van der Waals surface area contributed by atoms with Crippen LogP contribution in [-0.2, 0) is 14.3 Å². The van der Waals surface area contributed by atoms with E-state index < -0.39 is 12.1 Å². The van der Waals surface area contributed by atoms with Gasteiger partial charge in [0.15, 0.2) is 0 Å². The summed E-state index contributed by atoms with van der Waals surface area (Å²) < 4.78 is 16.5. The number of hydrogen-bond acceptors (Lipinski definition) is 7. The van der Waals surface area contributed by atoms with Crippen LogP contribution in [0.1, 0.15) is 165 Å². The van der Waals surface area contributed by atoms with E-state index in [4.69, 9.17) is 25.8 Å². The van der Waals surface area contributed by atoms with E-state index in [9.17, 15) is 19.8 Å². The van der Waals surface area contributed by atoms with Crippen LogP contribution in [0, 0.1) is 17.3 Å². The van der Waals surface area contributed by atoms with Crippen molar-refractivity contribution >= 4 is 23.5 Å². The molecule has 2 fully saturated rings. The Bertz CT molecular complexity index is 1210. The molecule has 0 radical (unpaired) electrons. The van der Waals surface area contributed by atoms with Crippen molar-refractivity contribution in [1.29, 1.82) is 0 Å². The molecule has 53 heavy (non-hydrogen) atoms. The second kappa shape index (κ2) is 26.5. The smallest absolute Gasteiger partial charge is 0.338 e. The molecule has 5 atom stereocenters. The second-order valence-electron chi connectivity index (χ2n) is 15.5. The van der Waals surface area contributed by atoms with E-state index >= 15 is 0 Å². The van der Waals surface area contributed by atoms with Crippen LogP contribution in [-0.4, -0.2) is 59.6 Å². The fraction of sp³-hybridized carbons (Fsp3) is 0.733.